The van der Waals surface area contributed by atoms with Crippen LogP contribution in [0.3, 0.4) is 0 Å². The van der Waals surface area contributed by atoms with Crippen LogP contribution in [0.15, 0.2) is 24.3 Å². The number of benzene rings is 1. The Bertz CT molecular complexity index is 317. The number of nitriles is 1. The summed E-state index contributed by atoms with van der Waals surface area (Å²) < 4.78 is 0. The van der Waals surface area contributed by atoms with Gasteiger partial charge in [-0.15, -0.1) is 0 Å². The molecular formula is C10H12N2O. The molecule has 0 radical (unpaired) electrons. The van der Waals surface area contributed by atoms with Crippen molar-refractivity contribution in [2.24, 2.45) is 5.73 Å². The Kier molecular flexibility index (Phi) is 3.44. The maximum atomic E-state index is 8.77. The van der Waals surface area contributed by atoms with Crippen LogP contribution in [0.2, 0.25) is 0 Å². The fourth-order valence-corrected chi connectivity index (χ4v) is 1.22. The van der Waals surface area contributed by atoms with Crippen LogP contribution in [0.1, 0.15) is 23.6 Å². The van der Waals surface area contributed by atoms with Crippen LogP contribution in [0, 0.1) is 11.3 Å². The first kappa shape index (κ1) is 9.72. The molecule has 0 spiro atoms. The number of nitrogens with two attached hydrogens (primary N) is 1. The molecule has 13 heavy (non-hydrogen) atoms. The molecule has 3 nitrogen and oxygen atoms in total. The molecule has 1 unspecified atom stereocenters. The highest BCUT2D eigenvalue weighted by atomic mass is 16.3. The van der Waals surface area contributed by atoms with Gasteiger partial charge in [-0.3, -0.25) is 0 Å². The molecule has 0 amide bonds. The average molecular weight is 176 g/mol. The monoisotopic (exact) mass is 176 g/mol. The summed E-state index contributed by atoms with van der Waals surface area (Å²) >= 11 is 0. The quantitative estimate of drug-likeness (QED) is 0.720. The van der Waals surface area contributed by atoms with Gasteiger partial charge < -0.3 is 10.8 Å². The molecule has 0 aliphatic carbocycles. The fourth-order valence-electron chi connectivity index (χ4n) is 1.22. The molecule has 0 aliphatic rings. The maximum absolute atomic E-state index is 8.77. The van der Waals surface area contributed by atoms with Gasteiger partial charge in [0, 0.05) is 12.6 Å². The van der Waals surface area contributed by atoms with E-state index in [0.717, 1.165) is 5.56 Å². The minimum Gasteiger partial charge on any atom is -0.396 e. The predicted molar refractivity (Wildman–Crippen MR) is 49.8 cm³/mol. The number of nitrogens with zero attached hydrogens (tertiary/aromatic N) is 1. The lowest BCUT2D eigenvalue weighted by molar-refractivity contribution is 0.276. The van der Waals surface area contributed by atoms with E-state index in [1.807, 2.05) is 12.1 Å². The zero-order valence-corrected chi connectivity index (χ0v) is 7.27. The summed E-state index contributed by atoms with van der Waals surface area (Å²) in [6.07, 6.45) is 0.485. The number of aliphatic hydroxyl groups is 1. The van der Waals surface area contributed by atoms with E-state index in [2.05, 4.69) is 6.07 Å². The first-order chi connectivity index (χ1) is 6.29. The molecular weight excluding hydrogens is 164 g/mol. The van der Waals surface area contributed by atoms with Crippen molar-refractivity contribution in [2.75, 3.05) is 6.61 Å². The Morgan fingerprint density at radius 1 is 1.46 bits per heavy atom. The van der Waals surface area contributed by atoms with Crippen molar-refractivity contribution in [3.63, 3.8) is 0 Å². The lowest BCUT2D eigenvalue weighted by Crippen LogP contribution is -2.13. The molecule has 0 bridgehead atoms. The minimum absolute atomic E-state index is 0.0426. The minimum atomic E-state index is -0.249. The average Bonchev–Trinajstić information content (AvgIpc) is 2.18. The highest BCUT2D eigenvalue weighted by Gasteiger charge is 2.08. The van der Waals surface area contributed by atoms with Gasteiger partial charge in [0.15, 0.2) is 0 Å². The maximum Gasteiger partial charge on any atom is 0.0995 e. The summed E-state index contributed by atoms with van der Waals surface area (Å²) in [5.41, 5.74) is 7.16. The first-order valence-corrected chi connectivity index (χ1v) is 4.15. The van der Waals surface area contributed by atoms with Crippen molar-refractivity contribution in [1.29, 1.82) is 5.26 Å². The summed E-state index contributed by atoms with van der Waals surface area (Å²) in [6, 6.07) is 9.01. The number of aliphatic hydroxyl groups excluding tert-OH is 1. The van der Waals surface area contributed by atoms with Gasteiger partial charge >= 0.3 is 0 Å². The van der Waals surface area contributed by atoms with Gasteiger partial charge in [-0.25, -0.2) is 0 Å². The first-order valence-electron chi connectivity index (χ1n) is 4.15. The third-order valence-corrected chi connectivity index (χ3v) is 1.92. The summed E-state index contributed by atoms with van der Waals surface area (Å²) in [5, 5.41) is 17.5. The van der Waals surface area contributed by atoms with Crippen molar-refractivity contribution in [1.82, 2.24) is 0 Å². The lowest BCUT2D eigenvalue weighted by atomic mass is 10.00. The van der Waals surface area contributed by atoms with Crippen molar-refractivity contribution in [2.45, 2.75) is 12.5 Å². The van der Waals surface area contributed by atoms with E-state index in [0.29, 0.717) is 12.0 Å². The van der Waals surface area contributed by atoms with Crippen molar-refractivity contribution in [3.05, 3.63) is 35.4 Å². The van der Waals surface area contributed by atoms with E-state index < -0.39 is 0 Å². The highest BCUT2D eigenvalue weighted by molar-refractivity contribution is 5.39. The Labute approximate surface area is 77.4 Å². The van der Waals surface area contributed by atoms with Crippen molar-refractivity contribution in [3.8, 4) is 6.07 Å². The van der Waals surface area contributed by atoms with E-state index in [-0.39, 0.29) is 12.6 Å². The van der Waals surface area contributed by atoms with E-state index in [1.54, 1.807) is 12.1 Å². The van der Waals surface area contributed by atoms with Crippen LogP contribution < -0.4 is 5.73 Å². The van der Waals surface area contributed by atoms with Gasteiger partial charge in [0.05, 0.1) is 11.6 Å². The van der Waals surface area contributed by atoms with Gasteiger partial charge in [-0.2, -0.15) is 5.26 Å². The second kappa shape index (κ2) is 4.61. The summed E-state index contributed by atoms with van der Waals surface area (Å²) in [7, 11) is 0. The van der Waals surface area contributed by atoms with Gasteiger partial charge in [-0.1, -0.05) is 18.2 Å². The number of rotatable bonds is 3. The molecule has 3 N–H and O–H groups in total. The third-order valence-electron chi connectivity index (χ3n) is 1.92. The lowest BCUT2D eigenvalue weighted by Gasteiger charge is -2.11. The van der Waals surface area contributed by atoms with Crippen LogP contribution in [-0.2, 0) is 0 Å². The van der Waals surface area contributed by atoms with E-state index in [4.69, 9.17) is 16.1 Å². The van der Waals surface area contributed by atoms with Crippen LogP contribution >= 0.6 is 0 Å². The molecule has 0 aromatic heterocycles. The van der Waals surface area contributed by atoms with Crippen molar-refractivity contribution >= 4 is 0 Å². The largest absolute Gasteiger partial charge is 0.396 e. The Morgan fingerprint density at radius 3 is 2.77 bits per heavy atom. The van der Waals surface area contributed by atoms with E-state index in [1.165, 1.54) is 0 Å². The fraction of sp³-hybridized carbons (Fsp3) is 0.300. The zero-order chi connectivity index (χ0) is 9.68. The highest BCUT2D eigenvalue weighted by Crippen LogP contribution is 2.17. The number of hydrogen-bond acceptors (Lipinski definition) is 3. The molecule has 1 atom stereocenters. The second-order valence-electron chi connectivity index (χ2n) is 2.82. The Hall–Kier alpha value is -1.37. The van der Waals surface area contributed by atoms with Gasteiger partial charge in [-0.05, 0) is 18.1 Å². The van der Waals surface area contributed by atoms with Crippen molar-refractivity contribution < 1.29 is 5.11 Å². The molecule has 1 aromatic carbocycles. The Morgan fingerprint density at radius 2 is 2.15 bits per heavy atom. The molecule has 0 saturated heterocycles. The summed E-state index contributed by atoms with van der Waals surface area (Å²) in [6.45, 7) is 0.0426. The van der Waals surface area contributed by atoms with Crippen LogP contribution in [-0.4, -0.2) is 11.7 Å². The van der Waals surface area contributed by atoms with Crippen LogP contribution in [0.25, 0.3) is 0 Å². The third kappa shape index (κ3) is 2.28. The van der Waals surface area contributed by atoms with Crippen LogP contribution in [0.4, 0.5) is 0 Å². The van der Waals surface area contributed by atoms with Gasteiger partial charge in [0.1, 0.15) is 0 Å². The summed E-state index contributed by atoms with van der Waals surface area (Å²) in [4.78, 5) is 0. The topological polar surface area (TPSA) is 70.0 Å². The summed E-state index contributed by atoms with van der Waals surface area (Å²) in [5.74, 6) is 0. The standard InChI is InChI=1S/C10H12N2O/c11-7-8-3-1-2-4-9(8)10(12)5-6-13/h1-4,10,13H,5-6,12H2. The Balaban J connectivity index is 2.93. The molecule has 1 aromatic rings. The molecule has 0 heterocycles. The van der Waals surface area contributed by atoms with Crippen LogP contribution in [0.5, 0.6) is 0 Å². The number of hydrogen-bond donors (Lipinski definition) is 2. The molecule has 1 rings (SSSR count). The van der Waals surface area contributed by atoms with E-state index in [9.17, 15) is 0 Å². The molecule has 68 valence electrons. The smallest absolute Gasteiger partial charge is 0.0995 e. The molecule has 3 heteroatoms. The van der Waals surface area contributed by atoms with E-state index >= 15 is 0 Å². The zero-order valence-electron chi connectivity index (χ0n) is 7.27. The van der Waals surface area contributed by atoms with Gasteiger partial charge in [0.25, 0.3) is 0 Å². The molecule has 0 saturated carbocycles. The van der Waals surface area contributed by atoms with Gasteiger partial charge in [0.2, 0.25) is 0 Å². The predicted octanol–water partition coefficient (Wildman–Crippen LogP) is 0.940. The second-order valence-corrected chi connectivity index (χ2v) is 2.82. The molecule has 0 fully saturated rings. The SMILES string of the molecule is N#Cc1ccccc1C(N)CCO. The normalized spacial score (nSPS) is 12.1. The molecule has 0 aliphatic heterocycles.